The first-order valence-corrected chi connectivity index (χ1v) is 11.3. The second-order valence-electron chi connectivity index (χ2n) is 8.41. The SMILES string of the molecule is N#CCC(=O)N1CCC[C@H]1Cn1nc(-c2ccc(Oc3cccc(F)c3)cc2F)c2c(N)ncnc21. The van der Waals surface area contributed by atoms with Crippen molar-refractivity contribution in [2.45, 2.75) is 31.8 Å². The Kier molecular flexibility index (Phi) is 6.16. The van der Waals surface area contributed by atoms with Gasteiger partial charge in [0.2, 0.25) is 5.91 Å². The highest BCUT2D eigenvalue weighted by Crippen LogP contribution is 2.34. The zero-order valence-corrected chi connectivity index (χ0v) is 19.1. The number of nitrogens with two attached hydrogens (primary N) is 1. The van der Waals surface area contributed by atoms with Gasteiger partial charge < -0.3 is 15.4 Å². The number of anilines is 1. The number of benzene rings is 2. The van der Waals surface area contributed by atoms with Crippen molar-refractivity contribution in [2.75, 3.05) is 12.3 Å². The Labute approximate surface area is 204 Å². The number of rotatable bonds is 6. The predicted octanol–water partition coefficient (Wildman–Crippen LogP) is 4.05. The summed E-state index contributed by atoms with van der Waals surface area (Å²) in [6.45, 7) is 0.877. The number of fused-ring (bicyclic) bond motifs is 1. The van der Waals surface area contributed by atoms with Gasteiger partial charge in [0.1, 0.15) is 47.4 Å². The van der Waals surface area contributed by atoms with Crippen molar-refractivity contribution < 1.29 is 18.3 Å². The van der Waals surface area contributed by atoms with E-state index in [-0.39, 0.29) is 46.9 Å². The van der Waals surface area contributed by atoms with Gasteiger partial charge in [0.15, 0.2) is 5.65 Å². The first-order valence-electron chi connectivity index (χ1n) is 11.3. The first-order chi connectivity index (χ1) is 17.4. The molecule has 0 bridgehead atoms. The maximum absolute atomic E-state index is 15.3. The van der Waals surface area contributed by atoms with Gasteiger partial charge in [-0.05, 0) is 37.1 Å². The lowest BCUT2D eigenvalue weighted by molar-refractivity contribution is -0.131. The first kappa shape index (κ1) is 23.2. The summed E-state index contributed by atoms with van der Waals surface area (Å²) in [4.78, 5) is 22.4. The van der Waals surface area contributed by atoms with Crippen molar-refractivity contribution in [1.82, 2.24) is 24.6 Å². The van der Waals surface area contributed by atoms with Crippen LogP contribution in [-0.2, 0) is 11.3 Å². The van der Waals surface area contributed by atoms with Gasteiger partial charge in [-0.25, -0.2) is 23.4 Å². The van der Waals surface area contributed by atoms with E-state index >= 15 is 4.39 Å². The van der Waals surface area contributed by atoms with Crippen molar-refractivity contribution in [3.05, 3.63) is 60.4 Å². The van der Waals surface area contributed by atoms with Gasteiger partial charge in [0.05, 0.1) is 24.0 Å². The standard InChI is InChI=1S/C25H21F2N7O2/c26-15-3-1-5-17(11-15)36-18-6-7-19(20(27)12-18)23-22-24(29)30-14-31-25(22)34(32-23)13-16-4-2-10-33(16)21(35)8-9-28/h1,3,5-7,11-12,14,16H,2,4,8,10,13H2,(H2,29,30,31)/t16-/m0/s1. The summed E-state index contributed by atoms with van der Waals surface area (Å²) in [5.74, 6) is -0.748. The fourth-order valence-electron chi connectivity index (χ4n) is 4.49. The second-order valence-corrected chi connectivity index (χ2v) is 8.41. The Bertz CT molecular complexity index is 1500. The maximum Gasteiger partial charge on any atom is 0.237 e. The van der Waals surface area contributed by atoms with E-state index < -0.39 is 11.6 Å². The van der Waals surface area contributed by atoms with E-state index in [2.05, 4.69) is 15.1 Å². The van der Waals surface area contributed by atoms with Crippen LogP contribution in [0, 0.1) is 23.0 Å². The van der Waals surface area contributed by atoms with Crippen LogP contribution in [0.3, 0.4) is 0 Å². The number of amides is 1. The number of hydrogen-bond donors (Lipinski definition) is 1. The summed E-state index contributed by atoms with van der Waals surface area (Å²) in [6.07, 6.45) is 2.67. The monoisotopic (exact) mass is 489 g/mol. The number of ether oxygens (including phenoxy) is 1. The molecule has 0 aliphatic carbocycles. The van der Waals surface area contributed by atoms with Gasteiger partial charge in [-0.2, -0.15) is 10.4 Å². The fourth-order valence-corrected chi connectivity index (χ4v) is 4.49. The number of aromatic nitrogens is 4. The van der Waals surface area contributed by atoms with E-state index in [9.17, 15) is 9.18 Å². The highest BCUT2D eigenvalue weighted by Gasteiger charge is 2.30. The minimum absolute atomic E-state index is 0.143. The molecule has 0 radical (unpaired) electrons. The maximum atomic E-state index is 15.3. The van der Waals surface area contributed by atoms with Gasteiger partial charge in [0.25, 0.3) is 0 Å². The molecule has 0 unspecified atom stereocenters. The van der Waals surface area contributed by atoms with E-state index in [0.717, 1.165) is 12.8 Å². The highest BCUT2D eigenvalue weighted by atomic mass is 19.1. The van der Waals surface area contributed by atoms with E-state index in [1.165, 1.54) is 36.7 Å². The largest absolute Gasteiger partial charge is 0.457 e. The zero-order chi connectivity index (χ0) is 25.2. The molecule has 2 aromatic heterocycles. The molecule has 5 rings (SSSR count). The fraction of sp³-hybridized carbons (Fsp3) is 0.240. The molecule has 1 amide bonds. The Morgan fingerprint density at radius 2 is 2.03 bits per heavy atom. The molecule has 0 spiro atoms. The molecule has 1 fully saturated rings. The molecule has 2 aromatic carbocycles. The Balaban J connectivity index is 1.49. The molecule has 4 aromatic rings. The van der Waals surface area contributed by atoms with Crippen LogP contribution >= 0.6 is 0 Å². The zero-order valence-electron chi connectivity index (χ0n) is 19.1. The number of hydrogen-bond acceptors (Lipinski definition) is 7. The number of nitrogen functional groups attached to an aromatic ring is 1. The minimum Gasteiger partial charge on any atom is -0.457 e. The number of nitrogens with zero attached hydrogens (tertiary/aromatic N) is 6. The lowest BCUT2D eigenvalue weighted by Crippen LogP contribution is -2.38. The Hall–Kier alpha value is -4.59. The lowest BCUT2D eigenvalue weighted by atomic mass is 10.1. The summed E-state index contributed by atoms with van der Waals surface area (Å²) in [5.41, 5.74) is 6.97. The minimum atomic E-state index is -0.620. The number of nitriles is 1. The van der Waals surface area contributed by atoms with Crippen LogP contribution in [0.5, 0.6) is 11.5 Å². The van der Waals surface area contributed by atoms with Gasteiger partial charge in [-0.1, -0.05) is 6.07 Å². The Morgan fingerprint density at radius 3 is 2.81 bits per heavy atom. The predicted molar refractivity (Wildman–Crippen MR) is 127 cm³/mol. The lowest BCUT2D eigenvalue weighted by Gasteiger charge is -2.23. The summed E-state index contributed by atoms with van der Waals surface area (Å²) < 4.78 is 35.9. The molecular formula is C25H21F2N7O2. The van der Waals surface area contributed by atoms with E-state index in [0.29, 0.717) is 24.1 Å². The van der Waals surface area contributed by atoms with Crippen molar-refractivity contribution in [3.63, 3.8) is 0 Å². The highest BCUT2D eigenvalue weighted by molar-refractivity contribution is 5.98. The molecule has 9 nitrogen and oxygen atoms in total. The van der Waals surface area contributed by atoms with Crippen LogP contribution < -0.4 is 10.5 Å². The summed E-state index contributed by atoms with van der Waals surface area (Å²) >= 11 is 0. The number of likely N-dealkylation sites (tertiary alicyclic amines) is 1. The third-order valence-electron chi connectivity index (χ3n) is 6.10. The van der Waals surface area contributed by atoms with E-state index in [1.54, 1.807) is 21.7 Å². The van der Waals surface area contributed by atoms with Crippen molar-refractivity contribution in [2.24, 2.45) is 0 Å². The molecule has 182 valence electrons. The van der Waals surface area contributed by atoms with Crippen LogP contribution in [0.4, 0.5) is 14.6 Å². The number of carbonyl (C=O) groups excluding carboxylic acids is 1. The summed E-state index contributed by atoms with van der Waals surface area (Å²) in [5, 5.41) is 13.9. The van der Waals surface area contributed by atoms with E-state index in [1.807, 2.05) is 6.07 Å². The molecule has 0 saturated carbocycles. The van der Waals surface area contributed by atoms with Gasteiger partial charge in [-0.15, -0.1) is 0 Å². The van der Waals surface area contributed by atoms with Crippen LogP contribution in [0.2, 0.25) is 0 Å². The third-order valence-corrected chi connectivity index (χ3v) is 6.10. The van der Waals surface area contributed by atoms with Gasteiger partial charge >= 0.3 is 0 Å². The molecule has 3 heterocycles. The average Bonchev–Trinajstić information content (AvgIpc) is 3.45. The van der Waals surface area contributed by atoms with E-state index in [4.69, 9.17) is 15.7 Å². The number of carbonyl (C=O) groups is 1. The summed E-state index contributed by atoms with van der Waals surface area (Å²) in [6, 6.07) is 11.5. The summed E-state index contributed by atoms with van der Waals surface area (Å²) in [7, 11) is 0. The molecule has 1 aliphatic heterocycles. The van der Waals surface area contributed by atoms with Crippen LogP contribution in [0.1, 0.15) is 19.3 Å². The molecule has 1 aliphatic rings. The Morgan fingerprint density at radius 1 is 1.19 bits per heavy atom. The third kappa shape index (κ3) is 4.40. The van der Waals surface area contributed by atoms with Crippen LogP contribution in [0.15, 0.2) is 48.8 Å². The molecular weight excluding hydrogens is 468 g/mol. The van der Waals surface area contributed by atoms with Crippen LogP contribution in [0.25, 0.3) is 22.3 Å². The van der Waals surface area contributed by atoms with Crippen molar-refractivity contribution in [3.8, 4) is 28.8 Å². The van der Waals surface area contributed by atoms with Crippen LogP contribution in [-0.4, -0.2) is 43.1 Å². The average molecular weight is 489 g/mol. The molecule has 1 saturated heterocycles. The van der Waals surface area contributed by atoms with Crippen molar-refractivity contribution in [1.29, 1.82) is 5.26 Å². The quantitative estimate of drug-likeness (QED) is 0.433. The second kappa shape index (κ2) is 9.58. The smallest absolute Gasteiger partial charge is 0.237 e. The topological polar surface area (TPSA) is 123 Å². The van der Waals surface area contributed by atoms with Gasteiger partial charge in [0, 0.05) is 24.2 Å². The molecule has 11 heteroatoms. The number of halogens is 2. The molecule has 36 heavy (non-hydrogen) atoms. The molecule has 2 N–H and O–H groups in total. The van der Waals surface area contributed by atoms with Gasteiger partial charge in [-0.3, -0.25) is 4.79 Å². The molecule has 1 atom stereocenters. The normalized spacial score (nSPS) is 15.2. The van der Waals surface area contributed by atoms with Crippen molar-refractivity contribution >= 4 is 22.8 Å².